The van der Waals surface area contributed by atoms with E-state index in [9.17, 15) is 4.79 Å². The number of aromatic amines is 1. The topological polar surface area (TPSA) is 58.6 Å². The van der Waals surface area contributed by atoms with Crippen molar-refractivity contribution >= 4 is 11.0 Å². The maximum absolute atomic E-state index is 11.2. The van der Waals surface area contributed by atoms with Gasteiger partial charge in [-0.05, 0) is 19.9 Å². The highest BCUT2D eigenvalue weighted by atomic mass is 16.1. The molecule has 66 valence electrons. The first-order chi connectivity index (χ1) is 6.16. The first kappa shape index (κ1) is 7.91. The Hall–Kier alpha value is -1.71. The monoisotopic (exact) mass is 175 g/mol. The fraction of sp³-hybridized carbons (Fsp3) is 0.222. The molecule has 4 heteroatoms. The lowest BCUT2D eigenvalue weighted by molar-refractivity contribution is 1.06. The second-order valence-electron chi connectivity index (χ2n) is 3.00. The number of aromatic nitrogens is 3. The van der Waals surface area contributed by atoms with Crippen LogP contribution in [0.15, 0.2) is 17.1 Å². The average Bonchev–Trinajstić information content (AvgIpc) is 2.08. The number of hydrogen-bond donors (Lipinski definition) is 1. The van der Waals surface area contributed by atoms with Gasteiger partial charge in [-0.15, -0.1) is 0 Å². The van der Waals surface area contributed by atoms with E-state index in [4.69, 9.17) is 0 Å². The Kier molecular flexibility index (Phi) is 1.62. The molecule has 0 amide bonds. The zero-order valence-electron chi connectivity index (χ0n) is 7.46. The van der Waals surface area contributed by atoms with Crippen LogP contribution in [-0.2, 0) is 0 Å². The summed E-state index contributed by atoms with van der Waals surface area (Å²) in [6.07, 6.45) is 1.71. The summed E-state index contributed by atoms with van der Waals surface area (Å²) >= 11 is 0. The zero-order chi connectivity index (χ0) is 9.42. The fourth-order valence-electron chi connectivity index (χ4n) is 1.19. The molecule has 0 saturated heterocycles. The minimum atomic E-state index is -0.0920. The molecule has 0 aliphatic carbocycles. The number of pyridine rings is 1. The summed E-state index contributed by atoms with van der Waals surface area (Å²) in [6.45, 7) is 3.55. The highest BCUT2D eigenvalue weighted by Gasteiger charge is 1.99. The van der Waals surface area contributed by atoms with Crippen LogP contribution in [0, 0.1) is 13.8 Å². The standard InChI is InChI=1S/C9H9N3O/c1-5-3-7-4-10-6(2)11-8(7)12-9(5)13/h3-4H,1-2H3,(H,10,11,12,13). The Bertz CT molecular complexity index is 516. The van der Waals surface area contributed by atoms with Crippen LogP contribution in [0.1, 0.15) is 11.4 Å². The molecule has 0 saturated carbocycles. The third-order valence-electron chi connectivity index (χ3n) is 1.90. The Labute approximate surface area is 74.7 Å². The van der Waals surface area contributed by atoms with Gasteiger partial charge in [0.05, 0.1) is 0 Å². The summed E-state index contributed by atoms with van der Waals surface area (Å²) in [7, 11) is 0. The highest BCUT2D eigenvalue weighted by molar-refractivity contribution is 5.73. The molecule has 2 aromatic heterocycles. The van der Waals surface area contributed by atoms with Gasteiger partial charge in [-0.1, -0.05) is 0 Å². The third kappa shape index (κ3) is 1.30. The Morgan fingerprint density at radius 2 is 2.15 bits per heavy atom. The molecule has 13 heavy (non-hydrogen) atoms. The molecule has 0 fully saturated rings. The van der Waals surface area contributed by atoms with Gasteiger partial charge in [0, 0.05) is 17.1 Å². The molecule has 0 aromatic carbocycles. The summed E-state index contributed by atoms with van der Waals surface area (Å²) in [5, 5.41) is 0.864. The second-order valence-corrected chi connectivity index (χ2v) is 3.00. The molecule has 0 unspecified atom stereocenters. The van der Waals surface area contributed by atoms with Crippen LogP contribution < -0.4 is 5.56 Å². The maximum atomic E-state index is 11.2. The van der Waals surface area contributed by atoms with Crippen molar-refractivity contribution in [3.63, 3.8) is 0 Å². The van der Waals surface area contributed by atoms with E-state index < -0.39 is 0 Å². The van der Waals surface area contributed by atoms with Gasteiger partial charge in [0.15, 0.2) is 0 Å². The number of aryl methyl sites for hydroxylation is 2. The van der Waals surface area contributed by atoms with E-state index in [1.165, 1.54) is 0 Å². The predicted octanol–water partition coefficient (Wildman–Crippen LogP) is 0.935. The van der Waals surface area contributed by atoms with Crippen LogP contribution in [0.3, 0.4) is 0 Å². The van der Waals surface area contributed by atoms with Crippen LogP contribution in [0.5, 0.6) is 0 Å². The van der Waals surface area contributed by atoms with Gasteiger partial charge >= 0.3 is 0 Å². The molecule has 0 radical (unpaired) electrons. The highest BCUT2D eigenvalue weighted by Crippen LogP contribution is 2.06. The zero-order valence-corrected chi connectivity index (χ0v) is 7.46. The van der Waals surface area contributed by atoms with E-state index in [-0.39, 0.29) is 5.56 Å². The van der Waals surface area contributed by atoms with Crippen molar-refractivity contribution in [3.05, 3.63) is 34.0 Å². The molecule has 0 aliphatic heterocycles. The van der Waals surface area contributed by atoms with Crippen molar-refractivity contribution < 1.29 is 0 Å². The maximum Gasteiger partial charge on any atom is 0.252 e. The lowest BCUT2D eigenvalue weighted by Gasteiger charge is -1.98. The second kappa shape index (κ2) is 2.65. The molecule has 4 nitrogen and oxygen atoms in total. The van der Waals surface area contributed by atoms with Gasteiger partial charge in [0.1, 0.15) is 11.5 Å². The van der Waals surface area contributed by atoms with Crippen molar-refractivity contribution in [2.75, 3.05) is 0 Å². The number of nitrogens with zero attached hydrogens (tertiary/aromatic N) is 2. The molecular formula is C9H9N3O. The van der Waals surface area contributed by atoms with Gasteiger partial charge in [-0.3, -0.25) is 4.79 Å². The van der Waals surface area contributed by atoms with Crippen molar-refractivity contribution in [1.29, 1.82) is 0 Å². The van der Waals surface area contributed by atoms with Crippen molar-refractivity contribution in [3.8, 4) is 0 Å². The number of hydrogen-bond acceptors (Lipinski definition) is 3. The summed E-state index contributed by atoms with van der Waals surface area (Å²) in [6, 6.07) is 1.79. The van der Waals surface area contributed by atoms with Crippen LogP contribution in [0.25, 0.3) is 11.0 Å². The van der Waals surface area contributed by atoms with Crippen molar-refractivity contribution in [2.45, 2.75) is 13.8 Å². The lowest BCUT2D eigenvalue weighted by Crippen LogP contribution is -2.09. The number of nitrogens with one attached hydrogen (secondary N) is 1. The molecular weight excluding hydrogens is 166 g/mol. The van der Waals surface area contributed by atoms with Gasteiger partial charge in [-0.25, -0.2) is 9.97 Å². The lowest BCUT2D eigenvalue weighted by atomic mass is 10.2. The Balaban J connectivity index is 2.89. The van der Waals surface area contributed by atoms with E-state index in [1.807, 2.05) is 0 Å². The normalized spacial score (nSPS) is 10.6. The van der Waals surface area contributed by atoms with Crippen molar-refractivity contribution in [1.82, 2.24) is 15.0 Å². The van der Waals surface area contributed by atoms with Crippen LogP contribution in [0.4, 0.5) is 0 Å². The summed E-state index contributed by atoms with van der Waals surface area (Å²) in [4.78, 5) is 22.1. The molecule has 1 N–H and O–H groups in total. The van der Waals surface area contributed by atoms with Crippen LogP contribution >= 0.6 is 0 Å². The smallest absolute Gasteiger partial charge is 0.252 e. The number of rotatable bonds is 0. The Morgan fingerprint density at radius 3 is 2.92 bits per heavy atom. The third-order valence-corrected chi connectivity index (χ3v) is 1.90. The van der Waals surface area contributed by atoms with E-state index in [0.717, 1.165) is 5.39 Å². The van der Waals surface area contributed by atoms with Gasteiger partial charge < -0.3 is 4.98 Å². The van der Waals surface area contributed by atoms with E-state index in [1.54, 1.807) is 26.1 Å². The molecule has 0 aliphatic rings. The minimum absolute atomic E-state index is 0.0920. The molecule has 0 spiro atoms. The van der Waals surface area contributed by atoms with E-state index in [0.29, 0.717) is 17.0 Å². The van der Waals surface area contributed by atoms with Crippen molar-refractivity contribution in [2.24, 2.45) is 0 Å². The Morgan fingerprint density at radius 1 is 1.38 bits per heavy atom. The van der Waals surface area contributed by atoms with Crippen LogP contribution in [-0.4, -0.2) is 15.0 Å². The number of fused-ring (bicyclic) bond motifs is 1. The van der Waals surface area contributed by atoms with E-state index >= 15 is 0 Å². The SMILES string of the molecule is Cc1ncc2cc(C)c(=O)[nH]c2n1. The van der Waals surface area contributed by atoms with Gasteiger partial charge in [0.2, 0.25) is 0 Å². The minimum Gasteiger partial charge on any atom is -0.306 e. The molecule has 0 atom stereocenters. The number of H-pyrrole nitrogens is 1. The first-order valence-electron chi connectivity index (χ1n) is 4.00. The summed E-state index contributed by atoms with van der Waals surface area (Å²) in [5.74, 6) is 0.659. The molecule has 2 aromatic rings. The quantitative estimate of drug-likeness (QED) is 0.648. The summed E-state index contributed by atoms with van der Waals surface area (Å²) in [5.41, 5.74) is 1.19. The van der Waals surface area contributed by atoms with Gasteiger partial charge in [-0.2, -0.15) is 0 Å². The van der Waals surface area contributed by atoms with E-state index in [2.05, 4.69) is 15.0 Å². The fourth-order valence-corrected chi connectivity index (χ4v) is 1.19. The largest absolute Gasteiger partial charge is 0.306 e. The van der Waals surface area contributed by atoms with Gasteiger partial charge in [0.25, 0.3) is 5.56 Å². The predicted molar refractivity (Wildman–Crippen MR) is 49.6 cm³/mol. The summed E-state index contributed by atoms with van der Waals surface area (Å²) < 4.78 is 0. The molecule has 0 bridgehead atoms. The average molecular weight is 175 g/mol. The molecule has 2 heterocycles. The van der Waals surface area contributed by atoms with Crippen LogP contribution in [0.2, 0.25) is 0 Å². The molecule has 2 rings (SSSR count). The first-order valence-corrected chi connectivity index (χ1v) is 4.00.